The zero-order chi connectivity index (χ0) is 13.0. The Bertz CT molecular complexity index is 381. The Kier molecular flexibility index (Phi) is 4.56. The Hall–Kier alpha value is -1.12. The van der Waals surface area contributed by atoms with Crippen molar-refractivity contribution in [1.82, 2.24) is 9.97 Å². The van der Waals surface area contributed by atoms with Crippen LogP contribution in [0.5, 0.6) is 0 Å². The van der Waals surface area contributed by atoms with Crippen molar-refractivity contribution in [2.45, 2.75) is 58.8 Å². The van der Waals surface area contributed by atoms with Gasteiger partial charge in [0.15, 0.2) is 0 Å². The maximum absolute atomic E-state index is 4.60. The fourth-order valence-corrected chi connectivity index (χ4v) is 2.58. The third-order valence-electron chi connectivity index (χ3n) is 3.68. The largest absolute Gasteiger partial charge is 0.370 e. The van der Waals surface area contributed by atoms with Crippen molar-refractivity contribution >= 4 is 5.82 Å². The molecule has 0 unspecified atom stereocenters. The van der Waals surface area contributed by atoms with Crippen molar-refractivity contribution in [3.63, 3.8) is 0 Å². The van der Waals surface area contributed by atoms with E-state index in [1.54, 1.807) is 0 Å². The summed E-state index contributed by atoms with van der Waals surface area (Å²) in [6.45, 7) is 7.38. The standard InChI is InChI=1S/C15H25N3/c1-11(2)15-17-12(3)9-14(18-15)16-10-13-7-5-4-6-8-13/h9,11,13H,4-8,10H2,1-3H3,(H,16,17,18). The normalized spacial score (nSPS) is 17.1. The molecule has 0 radical (unpaired) electrons. The van der Waals surface area contributed by atoms with Crippen LogP contribution in [0.1, 0.15) is 63.4 Å². The molecule has 3 nitrogen and oxygen atoms in total. The minimum Gasteiger partial charge on any atom is -0.370 e. The molecule has 1 aliphatic rings. The molecule has 1 fully saturated rings. The zero-order valence-corrected chi connectivity index (χ0v) is 11.9. The highest BCUT2D eigenvalue weighted by Gasteiger charge is 2.13. The number of aromatic nitrogens is 2. The van der Waals surface area contributed by atoms with Gasteiger partial charge in [-0.2, -0.15) is 0 Å². The average molecular weight is 247 g/mol. The maximum atomic E-state index is 4.60. The minimum atomic E-state index is 0.389. The molecule has 0 aromatic carbocycles. The Morgan fingerprint density at radius 1 is 1.22 bits per heavy atom. The molecule has 0 aliphatic heterocycles. The first-order chi connectivity index (χ1) is 8.65. The first-order valence-corrected chi connectivity index (χ1v) is 7.24. The van der Waals surface area contributed by atoms with Gasteiger partial charge in [-0.05, 0) is 25.7 Å². The van der Waals surface area contributed by atoms with E-state index >= 15 is 0 Å². The molecule has 3 heteroatoms. The van der Waals surface area contributed by atoms with Gasteiger partial charge >= 0.3 is 0 Å². The van der Waals surface area contributed by atoms with Crippen molar-refractivity contribution in [3.8, 4) is 0 Å². The van der Waals surface area contributed by atoms with E-state index in [2.05, 4.69) is 35.2 Å². The van der Waals surface area contributed by atoms with E-state index in [0.717, 1.165) is 29.8 Å². The number of nitrogens with zero attached hydrogens (tertiary/aromatic N) is 2. The van der Waals surface area contributed by atoms with Crippen molar-refractivity contribution in [2.24, 2.45) is 5.92 Å². The Labute approximate surface area is 110 Å². The summed E-state index contributed by atoms with van der Waals surface area (Å²) in [5.41, 5.74) is 1.06. The van der Waals surface area contributed by atoms with Crippen LogP contribution in [0, 0.1) is 12.8 Å². The van der Waals surface area contributed by atoms with Crippen LogP contribution in [0.25, 0.3) is 0 Å². The maximum Gasteiger partial charge on any atom is 0.133 e. The monoisotopic (exact) mass is 247 g/mol. The van der Waals surface area contributed by atoms with Crippen molar-refractivity contribution in [2.75, 3.05) is 11.9 Å². The van der Waals surface area contributed by atoms with Crippen LogP contribution in [0.4, 0.5) is 5.82 Å². The number of anilines is 1. The third kappa shape index (κ3) is 3.69. The molecule has 1 aromatic heterocycles. The van der Waals surface area contributed by atoms with E-state index in [-0.39, 0.29) is 0 Å². The smallest absolute Gasteiger partial charge is 0.133 e. The van der Waals surface area contributed by atoms with Gasteiger partial charge in [-0.3, -0.25) is 0 Å². The number of nitrogens with one attached hydrogen (secondary N) is 1. The van der Waals surface area contributed by atoms with E-state index < -0.39 is 0 Å². The van der Waals surface area contributed by atoms with Crippen LogP contribution in [0.2, 0.25) is 0 Å². The summed E-state index contributed by atoms with van der Waals surface area (Å²) in [4.78, 5) is 9.07. The average Bonchev–Trinajstić information content (AvgIpc) is 2.37. The van der Waals surface area contributed by atoms with Gasteiger partial charge in [0, 0.05) is 24.2 Å². The molecule has 2 rings (SSSR count). The second kappa shape index (κ2) is 6.17. The lowest BCUT2D eigenvalue weighted by molar-refractivity contribution is 0.373. The lowest BCUT2D eigenvalue weighted by Crippen LogP contribution is -2.18. The predicted octanol–water partition coefficient (Wildman–Crippen LogP) is 3.90. The molecule has 1 saturated carbocycles. The van der Waals surface area contributed by atoms with Crippen LogP contribution >= 0.6 is 0 Å². The van der Waals surface area contributed by atoms with Gasteiger partial charge in [-0.25, -0.2) is 9.97 Å². The molecule has 100 valence electrons. The molecule has 1 heterocycles. The topological polar surface area (TPSA) is 37.8 Å². The van der Waals surface area contributed by atoms with Crippen molar-refractivity contribution in [1.29, 1.82) is 0 Å². The first-order valence-electron chi connectivity index (χ1n) is 7.24. The third-order valence-corrected chi connectivity index (χ3v) is 3.68. The highest BCUT2D eigenvalue weighted by atomic mass is 15.0. The lowest BCUT2D eigenvalue weighted by Gasteiger charge is -2.22. The summed E-state index contributed by atoms with van der Waals surface area (Å²) in [7, 11) is 0. The van der Waals surface area contributed by atoms with E-state index in [1.165, 1.54) is 32.1 Å². The molecule has 18 heavy (non-hydrogen) atoms. The van der Waals surface area contributed by atoms with Gasteiger partial charge in [0.25, 0.3) is 0 Å². The molecule has 0 spiro atoms. The fourth-order valence-electron chi connectivity index (χ4n) is 2.58. The summed E-state index contributed by atoms with van der Waals surface area (Å²) < 4.78 is 0. The fraction of sp³-hybridized carbons (Fsp3) is 0.733. The molecule has 1 aliphatic carbocycles. The summed E-state index contributed by atoms with van der Waals surface area (Å²) >= 11 is 0. The lowest BCUT2D eigenvalue weighted by atomic mass is 9.89. The van der Waals surface area contributed by atoms with Crippen LogP contribution in [0.3, 0.4) is 0 Å². The molecular formula is C15H25N3. The summed E-state index contributed by atoms with van der Waals surface area (Å²) in [5.74, 6) is 3.16. The highest BCUT2D eigenvalue weighted by molar-refractivity contribution is 5.36. The molecule has 0 atom stereocenters. The zero-order valence-electron chi connectivity index (χ0n) is 11.9. The van der Waals surface area contributed by atoms with Gasteiger partial charge in [-0.1, -0.05) is 33.1 Å². The molecule has 1 aromatic rings. The summed E-state index contributed by atoms with van der Waals surface area (Å²) in [6.07, 6.45) is 6.95. The van der Waals surface area contributed by atoms with Gasteiger partial charge < -0.3 is 5.32 Å². The molecule has 0 saturated heterocycles. The van der Waals surface area contributed by atoms with Gasteiger partial charge in [0.05, 0.1) is 0 Å². The second-order valence-electron chi connectivity index (χ2n) is 5.79. The predicted molar refractivity (Wildman–Crippen MR) is 75.9 cm³/mol. The quantitative estimate of drug-likeness (QED) is 0.876. The molecule has 0 bridgehead atoms. The van der Waals surface area contributed by atoms with Crippen LogP contribution in [-0.2, 0) is 0 Å². The van der Waals surface area contributed by atoms with Crippen LogP contribution in [-0.4, -0.2) is 16.5 Å². The SMILES string of the molecule is Cc1cc(NCC2CCCCC2)nc(C(C)C)n1. The summed E-state index contributed by atoms with van der Waals surface area (Å²) in [5, 5.41) is 3.50. The van der Waals surface area contributed by atoms with Gasteiger partial charge in [0.1, 0.15) is 11.6 Å². The number of rotatable bonds is 4. The number of hydrogen-bond donors (Lipinski definition) is 1. The Balaban J connectivity index is 1.95. The minimum absolute atomic E-state index is 0.389. The van der Waals surface area contributed by atoms with Crippen molar-refractivity contribution < 1.29 is 0 Å². The van der Waals surface area contributed by atoms with E-state index in [9.17, 15) is 0 Å². The highest BCUT2D eigenvalue weighted by Crippen LogP contribution is 2.24. The number of aryl methyl sites for hydroxylation is 1. The van der Waals surface area contributed by atoms with Gasteiger partial charge in [-0.15, -0.1) is 0 Å². The Morgan fingerprint density at radius 3 is 2.61 bits per heavy atom. The van der Waals surface area contributed by atoms with Gasteiger partial charge in [0.2, 0.25) is 0 Å². The molecular weight excluding hydrogens is 222 g/mol. The summed E-state index contributed by atoms with van der Waals surface area (Å²) in [6, 6.07) is 2.05. The van der Waals surface area contributed by atoms with E-state index in [1.807, 2.05) is 6.92 Å². The second-order valence-corrected chi connectivity index (χ2v) is 5.79. The van der Waals surface area contributed by atoms with Crippen molar-refractivity contribution in [3.05, 3.63) is 17.6 Å². The Morgan fingerprint density at radius 2 is 1.94 bits per heavy atom. The van der Waals surface area contributed by atoms with E-state index in [0.29, 0.717) is 5.92 Å². The molecule has 1 N–H and O–H groups in total. The van der Waals surface area contributed by atoms with Crippen LogP contribution < -0.4 is 5.32 Å². The number of hydrogen-bond acceptors (Lipinski definition) is 3. The van der Waals surface area contributed by atoms with Crippen LogP contribution in [0.15, 0.2) is 6.07 Å². The first kappa shape index (κ1) is 13.3. The van der Waals surface area contributed by atoms with E-state index in [4.69, 9.17) is 0 Å². The molecule has 0 amide bonds.